The van der Waals surface area contributed by atoms with Crippen LogP contribution in [0.2, 0.25) is 0 Å². The lowest BCUT2D eigenvalue weighted by Crippen LogP contribution is -2.64. The van der Waals surface area contributed by atoms with Crippen molar-refractivity contribution in [2.75, 3.05) is 25.4 Å². The molecule has 2 fully saturated rings. The topological polar surface area (TPSA) is 15.3 Å². The van der Waals surface area contributed by atoms with Gasteiger partial charge in [-0.3, -0.25) is 4.90 Å². The molecule has 0 amide bonds. The summed E-state index contributed by atoms with van der Waals surface area (Å²) in [6.07, 6.45) is 5.90. The number of nitrogens with one attached hydrogen (secondary N) is 1. The van der Waals surface area contributed by atoms with Crippen LogP contribution in [0.25, 0.3) is 0 Å². The molecule has 124 valence electrons. The van der Waals surface area contributed by atoms with Crippen LogP contribution in [0.4, 0.5) is 13.2 Å². The van der Waals surface area contributed by atoms with Crippen LogP contribution in [-0.4, -0.2) is 47.4 Å². The molecule has 6 heteroatoms. The average Bonchev–Trinajstić information content (AvgIpc) is 2.85. The van der Waals surface area contributed by atoms with Crippen LogP contribution in [-0.2, 0) is 0 Å². The smallest absolute Gasteiger partial charge is 0.308 e. The monoisotopic (exact) mass is 324 g/mol. The Labute approximate surface area is 130 Å². The summed E-state index contributed by atoms with van der Waals surface area (Å²) in [5.74, 6) is 0.666. The van der Waals surface area contributed by atoms with E-state index in [1.54, 1.807) is 0 Å². The quantitative estimate of drug-likeness (QED) is 0.826. The Morgan fingerprint density at radius 2 is 2.00 bits per heavy atom. The Morgan fingerprint density at radius 3 is 2.57 bits per heavy atom. The van der Waals surface area contributed by atoms with Gasteiger partial charge in [-0.1, -0.05) is 33.1 Å². The molecular formula is C15H27F3N2S. The van der Waals surface area contributed by atoms with Crippen molar-refractivity contribution in [1.82, 2.24) is 10.2 Å². The Morgan fingerprint density at radius 1 is 1.33 bits per heavy atom. The maximum absolute atomic E-state index is 12.4. The third-order valence-electron chi connectivity index (χ3n) is 5.17. The minimum atomic E-state index is -4.11. The molecule has 0 aromatic heterocycles. The SMILES string of the molecule is CCC(C)C1CNC2(CCCC2)CN1CCSC(F)(F)F. The third kappa shape index (κ3) is 4.76. The first-order chi connectivity index (χ1) is 9.85. The van der Waals surface area contributed by atoms with Crippen molar-refractivity contribution in [1.29, 1.82) is 0 Å². The second kappa shape index (κ2) is 7.09. The van der Waals surface area contributed by atoms with Crippen LogP contribution in [0.15, 0.2) is 0 Å². The van der Waals surface area contributed by atoms with Gasteiger partial charge < -0.3 is 5.32 Å². The number of hydrogen-bond donors (Lipinski definition) is 1. The van der Waals surface area contributed by atoms with E-state index in [2.05, 4.69) is 24.1 Å². The van der Waals surface area contributed by atoms with Gasteiger partial charge in [0.2, 0.25) is 0 Å². The molecule has 0 aromatic rings. The standard InChI is InChI=1S/C15H27F3N2S/c1-3-12(2)13-10-19-14(6-4-5-7-14)11-20(13)8-9-21-15(16,17)18/h12-13,19H,3-11H2,1-2H3. The zero-order valence-electron chi connectivity index (χ0n) is 13.0. The van der Waals surface area contributed by atoms with Crippen molar-refractivity contribution in [3.05, 3.63) is 0 Å². The molecule has 0 bridgehead atoms. The molecule has 1 aliphatic carbocycles. The van der Waals surface area contributed by atoms with Gasteiger partial charge in [0.25, 0.3) is 0 Å². The highest BCUT2D eigenvalue weighted by atomic mass is 32.2. The first kappa shape index (κ1) is 17.4. The molecule has 1 spiro atoms. The van der Waals surface area contributed by atoms with Crippen LogP contribution in [0.1, 0.15) is 46.0 Å². The highest BCUT2D eigenvalue weighted by Gasteiger charge is 2.42. The molecule has 0 radical (unpaired) electrons. The van der Waals surface area contributed by atoms with Gasteiger partial charge in [0.1, 0.15) is 0 Å². The highest BCUT2D eigenvalue weighted by molar-refractivity contribution is 8.00. The Kier molecular flexibility index (Phi) is 5.88. The minimum Gasteiger partial charge on any atom is -0.308 e. The molecule has 1 N–H and O–H groups in total. The summed E-state index contributed by atoms with van der Waals surface area (Å²) in [6, 6.07) is 0.370. The van der Waals surface area contributed by atoms with Gasteiger partial charge in [-0.15, -0.1) is 0 Å². The number of halogens is 3. The second-order valence-electron chi connectivity index (χ2n) is 6.59. The summed E-state index contributed by atoms with van der Waals surface area (Å²) in [4.78, 5) is 2.33. The van der Waals surface area contributed by atoms with E-state index in [4.69, 9.17) is 0 Å². The highest BCUT2D eigenvalue weighted by Crippen LogP contribution is 2.35. The second-order valence-corrected chi connectivity index (χ2v) is 7.75. The van der Waals surface area contributed by atoms with E-state index >= 15 is 0 Å². The van der Waals surface area contributed by atoms with Crippen molar-refractivity contribution in [3.63, 3.8) is 0 Å². The molecule has 1 saturated carbocycles. The van der Waals surface area contributed by atoms with Gasteiger partial charge in [0, 0.05) is 37.0 Å². The van der Waals surface area contributed by atoms with Gasteiger partial charge in [-0.2, -0.15) is 13.2 Å². The van der Waals surface area contributed by atoms with Crippen LogP contribution in [0.3, 0.4) is 0 Å². The van der Waals surface area contributed by atoms with Crippen LogP contribution in [0.5, 0.6) is 0 Å². The molecule has 2 aliphatic rings. The summed E-state index contributed by atoms with van der Waals surface area (Å²) in [7, 11) is 0. The van der Waals surface area contributed by atoms with E-state index in [0.29, 0.717) is 18.5 Å². The number of rotatable bonds is 5. The van der Waals surface area contributed by atoms with Crippen molar-refractivity contribution in [2.24, 2.45) is 5.92 Å². The molecule has 0 aromatic carbocycles. The maximum Gasteiger partial charge on any atom is 0.441 e. The lowest BCUT2D eigenvalue weighted by molar-refractivity contribution is -0.0330. The molecule has 2 unspecified atom stereocenters. The molecule has 1 heterocycles. The van der Waals surface area contributed by atoms with Crippen molar-refractivity contribution >= 4 is 11.8 Å². The first-order valence-corrected chi connectivity index (χ1v) is 9.03. The van der Waals surface area contributed by atoms with Gasteiger partial charge >= 0.3 is 5.51 Å². The van der Waals surface area contributed by atoms with E-state index in [9.17, 15) is 13.2 Å². The van der Waals surface area contributed by atoms with Gasteiger partial charge in [-0.05, 0) is 30.5 Å². The van der Waals surface area contributed by atoms with Gasteiger partial charge in [0.15, 0.2) is 0 Å². The average molecular weight is 324 g/mol. The minimum absolute atomic E-state index is 0.117. The summed E-state index contributed by atoms with van der Waals surface area (Å²) >= 11 is 0.117. The zero-order valence-corrected chi connectivity index (χ0v) is 13.8. The predicted molar refractivity (Wildman–Crippen MR) is 82.5 cm³/mol. The van der Waals surface area contributed by atoms with E-state index in [1.165, 1.54) is 25.7 Å². The first-order valence-electron chi connectivity index (χ1n) is 8.05. The fourth-order valence-electron chi connectivity index (χ4n) is 3.76. The van der Waals surface area contributed by atoms with Gasteiger partial charge in [-0.25, -0.2) is 0 Å². The number of alkyl halides is 3. The molecule has 1 saturated heterocycles. The molecule has 1 aliphatic heterocycles. The summed E-state index contributed by atoms with van der Waals surface area (Å²) in [5.41, 5.74) is -3.93. The number of thioether (sulfide) groups is 1. The van der Waals surface area contributed by atoms with Gasteiger partial charge in [0.05, 0.1) is 0 Å². The lowest BCUT2D eigenvalue weighted by Gasteiger charge is -2.48. The fraction of sp³-hybridized carbons (Fsp3) is 1.00. The van der Waals surface area contributed by atoms with Crippen molar-refractivity contribution in [3.8, 4) is 0 Å². The van der Waals surface area contributed by atoms with E-state index in [0.717, 1.165) is 19.5 Å². The summed E-state index contributed by atoms with van der Waals surface area (Å²) in [6.45, 7) is 6.75. The summed E-state index contributed by atoms with van der Waals surface area (Å²) in [5, 5.41) is 3.73. The number of nitrogens with zero attached hydrogens (tertiary/aromatic N) is 1. The number of piperazine rings is 1. The predicted octanol–water partition coefficient (Wildman–Crippen LogP) is 3.87. The zero-order chi connectivity index (χ0) is 15.5. The van der Waals surface area contributed by atoms with Crippen LogP contribution < -0.4 is 5.32 Å². The Hall–Kier alpha value is 0.0600. The van der Waals surface area contributed by atoms with Crippen LogP contribution >= 0.6 is 11.8 Å². The van der Waals surface area contributed by atoms with E-state index in [1.807, 2.05) is 0 Å². The fourth-order valence-corrected chi connectivity index (χ4v) is 4.31. The maximum atomic E-state index is 12.4. The van der Waals surface area contributed by atoms with E-state index < -0.39 is 5.51 Å². The number of hydrogen-bond acceptors (Lipinski definition) is 3. The molecule has 2 nitrogen and oxygen atoms in total. The third-order valence-corrected chi connectivity index (χ3v) is 5.88. The molecular weight excluding hydrogens is 297 g/mol. The molecule has 2 atom stereocenters. The van der Waals surface area contributed by atoms with E-state index in [-0.39, 0.29) is 23.1 Å². The largest absolute Gasteiger partial charge is 0.441 e. The molecule has 21 heavy (non-hydrogen) atoms. The Bertz CT molecular complexity index is 329. The Balaban J connectivity index is 1.95. The normalized spacial score (nSPS) is 28.1. The lowest BCUT2D eigenvalue weighted by atomic mass is 9.88. The summed E-state index contributed by atoms with van der Waals surface area (Å²) < 4.78 is 37.1. The van der Waals surface area contributed by atoms with Crippen molar-refractivity contribution in [2.45, 2.75) is 63.0 Å². The molecule has 2 rings (SSSR count). The van der Waals surface area contributed by atoms with Crippen molar-refractivity contribution < 1.29 is 13.2 Å². The van der Waals surface area contributed by atoms with Crippen LogP contribution in [0, 0.1) is 5.92 Å².